The third kappa shape index (κ3) is 4.60. The van der Waals surface area contributed by atoms with Gasteiger partial charge < -0.3 is 5.32 Å². The van der Waals surface area contributed by atoms with E-state index in [4.69, 9.17) is 0 Å². The SMILES string of the molecule is CNCC1CCN(Cc2cccc(C)c2)CC1.Cl. The summed E-state index contributed by atoms with van der Waals surface area (Å²) in [5.41, 5.74) is 2.82. The quantitative estimate of drug-likeness (QED) is 0.903. The van der Waals surface area contributed by atoms with E-state index in [0.29, 0.717) is 0 Å². The summed E-state index contributed by atoms with van der Waals surface area (Å²) in [4.78, 5) is 2.58. The number of benzene rings is 1. The highest BCUT2D eigenvalue weighted by atomic mass is 35.5. The van der Waals surface area contributed by atoms with Gasteiger partial charge in [0.15, 0.2) is 0 Å². The van der Waals surface area contributed by atoms with Crippen molar-refractivity contribution in [3.8, 4) is 0 Å². The summed E-state index contributed by atoms with van der Waals surface area (Å²) >= 11 is 0. The molecule has 1 N–H and O–H groups in total. The van der Waals surface area contributed by atoms with E-state index in [0.717, 1.165) is 12.5 Å². The van der Waals surface area contributed by atoms with E-state index >= 15 is 0 Å². The van der Waals surface area contributed by atoms with Crippen LogP contribution < -0.4 is 5.32 Å². The minimum absolute atomic E-state index is 0. The molecule has 2 nitrogen and oxygen atoms in total. The lowest BCUT2D eigenvalue weighted by molar-refractivity contribution is 0.177. The number of rotatable bonds is 4. The van der Waals surface area contributed by atoms with Crippen molar-refractivity contribution in [2.75, 3.05) is 26.7 Å². The molecule has 0 saturated carbocycles. The number of likely N-dealkylation sites (tertiary alicyclic amines) is 1. The van der Waals surface area contributed by atoms with Crippen LogP contribution in [0.1, 0.15) is 24.0 Å². The predicted octanol–water partition coefficient (Wildman–Crippen LogP) is 2.85. The molecule has 0 aliphatic carbocycles. The standard InChI is InChI=1S/C15H24N2.ClH/c1-13-4-3-5-15(10-13)12-17-8-6-14(7-9-17)11-16-2;/h3-5,10,14,16H,6-9,11-12H2,1-2H3;1H. The molecule has 0 bridgehead atoms. The van der Waals surface area contributed by atoms with Crippen molar-refractivity contribution in [2.45, 2.75) is 26.3 Å². The number of aryl methyl sites for hydroxylation is 1. The molecule has 1 aliphatic rings. The average Bonchev–Trinajstić information content (AvgIpc) is 2.32. The second-order valence-corrected chi connectivity index (χ2v) is 5.27. The first-order chi connectivity index (χ1) is 8.28. The summed E-state index contributed by atoms with van der Waals surface area (Å²) in [7, 11) is 2.05. The molecule has 2 rings (SSSR count). The van der Waals surface area contributed by atoms with Crippen LogP contribution in [-0.4, -0.2) is 31.6 Å². The Morgan fingerprint density at radius 2 is 2.00 bits per heavy atom. The number of halogens is 1. The van der Waals surface area contributed by atoms with Gasteiger partial charge in [-0.1, -0.05) is 29.8 Å². The van der Waals surface area contributed by atoms with Crippen molar-refractivity contribution in [1.29, 1.82) is 0 Å². The Kier molecular flexibility index (Phi) is 6.69. The Morgan fingerprint density at radius 3 is 2.61 bits per heavy atom. The van der Waals surface area contributed by atoms with Crippen molar-refractivity contribution >= 4 is 12.4 Å². The van der Waals surface area contributed by atoms with E-state index in [1.165, 1.54) is 43.6 Å². The molecule has 0 atom stereocenters. The maximum Gasteiger partial charge on any atom is 0.0233 e. The Labute approximate surface area is 117 Å². The maximum absolute atomic E-state index is 3.29. The average molecular weight is 269 g/mol. The monoisotopic (exact) mass is 268 g/mol. The molecular formula is C15H25ClN2. The van der Waals surface area contributed by atoms with Gasteiger partial charge in [0, 0.05) is 6.54 Å². The van der Waals surface area contributed by atoms with Gasteiger partial charge in [-0.3, -0.25) is 4.90 Å². The molecule has 0 unspecified atom stereocenters. The number of hydrogen-bond donors (Lipinski definition) is 1. The molecule has 102 valence electrons. The lowest BCUT2D eigenvalue weighted by atomic mass is 9.96. The summed E-state index contributed by atoms with van der Waals surface area (Å²) in [6.07, 6.45) is 2.68. The Balaban J connectivity index is 0.00000162. The molecule has 0 radical (unpaired) electrons. The fourth-order valence-electron chi connectivity index (χ4n) is 2.71. The van der Waals surface area contributed by atoms with Gasteiger partial charge >= 0.3 is 0 Å². The minimum Gasteiger partial charge on any atom is -0.319 e. The molecule has 18 heavy (non-hydrogen) atoms. The van der Waals surface area contributed by atoms with Crippen LogP contribution >= 0.6 is 12.4 Å². The molecule has 0 amide bonds. The van der Waals surface area contributed by atoms with Gasteiger partial charge in [0.05, 0.1) is 0 Å². The Morgan fingerprint density at radius 1 is 1.28 bits per heavy atom. The Hall–Kier alpha value is -0.570. The molecule has 1 aromatic carbocycles. The summed E-state index contributed by atoms with van der Waals surface area (Å²) in [6.45, 7) is 6.97. The van der Waals surface area contributed by atoms with Crippen molar-refractivity contribution in [1.82, 2.24) is 10.2 Å². The van der Waals surface area contributed by atoms with Gasteiger partial charge in [0.25, 0.3) is 0 Å². The zero-order valence-corrected chi connectivity index (χ0v) is 12.3. The van der Waals surface area contributed by atoms with Crippen molar-refractivity contribution < 1.29 is 0 Å². The first-order valence-corrected chi connectivity index (χ1v) is 6.70. The van der Waals surface area contributed by atoms with E-state index < -0.39 is 0 Å². The van der Waals surface area contributed by atoms with Gasteiger partial charge in [-0.05, 0) is 57.9 Å². The zero-order chi connectivity index (χ0) is 12.1. The van der Waals surface area contributed by atoms with E-state index in [1.54, 1.807) is 0 Å². The Bertz CT molecular complexity index is 346. The van der Waals surface area contributed by atoms with Gasteiger partial charge in [-0.2, -0.15) is 0 Å². The molecule has 3 heteroatoms. The van der Waals surface area contributed by atoms with E-state index in [1.807, 2.05) is 0 Å². The first kappa shape index (κ1) is 15.5. The molecule has 1 heterocycles. The van der Waals surface area contributed by atoms with E-state index in [9.17, 15) is 0 Å². The van der Waals surface area contributed by atoms with Gasteiger partial charge in [0.2, 0.25) is 0 Å². The highest BCUT2D eigenvalue weighted by Gasteiger charge is 2.18. The topological polar surface area (TPSA) is 15.3 Å². The second kappa shape index (κ2) is 7.78. The summed E-state index contributed by atoms with van der Waals surface area (Å²) in [6, 6.07) is 8.88. The number of piperidine rings is 1. The van der Waals surface area contributed by atoms with Crippen LogP contribution in [0.25, 0.3) is 0 Å². The number of nitrogens with one attached hydrogen (secondary N) is 1. The van der Waals surface area contributed by atoms with Crippen LogP contribution in [0, 0.1) is 12.8 Å². The van der Waals surface area contributed by atoms with Gasteiger partial charge in [-0.25, -0.2) is 0 Å². The predicted molar refractivity (Wildman–Crippen MR) is 80.4 cm³/mol. The van der Waals surface area contributed by atoms with Crippen LogP contribution in [-0.2, 0) is 6.54 Å². The van der Waals surface area contributed by atoms with Crippen LogP contribution in [0.2, 0.25) is 0 Å². The molecule has 0 spiro atoms. The first-order valence-electron chi connectivity index (χ1n) is 6.70. The normalized spacial score (nSPS) is 17.4. The number of hydrogen-bond acceptors (Lipinski definition) is 2. The van der Waals surface area contributed by atoms with Crippen LogP contribution in [0.5, 0.6) is 0 Å². The van der Waals surface area contributed by atoms with Gasteiger partial charge in [-0.15, -0.1) is 12.4 Å². The zero-order valence-electron chi connectivity index (χ0n) is 11.5. The molecule has 1 saturated heterocycles. The fraction of sp³-hybridized carbons (Fsp3) is 0.600. The van der Waals surface area contributed by atoms with Crippen LogP contribution in [0.15, 0.2) is 24.3 Å². The van der Waals surface area contributed by atoms with Crippen molar-refractivity contribution in [3.63, 3.8) is 0 Å². The molecular weight excluding hydrogens is 244 g/mol. The molecule has 1 aromatic rings. The van der Waals surface area contributed by atoms with E-state index in [-0.39, 0.29) is 12.4 Å². The maximum atomic E-state index is 3.29. The van der Waals surface area contributed by atoms with Crippen LogP contribution in [0.4, 0.5) is 0 Å². The smallest absolute Gasteiger partial charge is 0.0233 e. The van der Waals surface area contributed by atoms with Gasteiger partial charge in [0.1, 0.15) is 0 Å². The third-order valence-electron chi connectivity index (χ3n) is 3.69. The lowest BCUT2D eigenvalue weighted by Gasteiger charge is -2.31. The summed E-state index contributed by atoms with van der Waals surface area (Å²) in [5, 5.41) is 3.29. The number of nitrogens with zero attached hydrogens (tertiary/aromatic N) is 1. The highest BCUT2D eigenvalue weighted by Crippen LogP contribution is 2.18. The van der Waals surface area contributed by atoms with Crippen molar-refractivity contribution in [2.24, 2.45) is 5.92 Å². The third-order valence-corrected chi connectivity index (χ3v) is 3.69. The largest absolute Gasteiger partial charge is 0.319 e. The molecule has 1 aliphatic heterocycles. The summed E-state index contributed by atoms with van der Waals surface area (Å²) < 4.78 is 0. The highest BCUT2D eigenvalue weighted by molar-refractivity contribution is 5.85. The lowest BCUT2D eigenvalue weighted by Crippen LogP contribution is -2.36. The fourth-order valence-corrected chi connectivity index (χ4v) is 2.71. The van der Waals surface area contributed by atoms with Crippen molar-refractivity contribution in [3.05, 3.63) is 35.4 Å². The summed E-state index contributed by atoms with van der Waals surface area (Å²) in [5.74, 6) is 0.883. The molecule has 1 fully saturated rings. The van der Waals surface area contributed by atoms with E-state index in [2.05, 4.69) is 48.5 Å². The second-order valence-electron chi connectivity index (χ2n) is 5.27. The van der Waals surface area contributed by atoms with Crippen LogP contribution in [0.3, 0.4) is 0 Å². The molecule has 0 aromatic heterocycles. The minimum atomic E-state index is 0.